The second-order valence-corrected chi connectivity index (χ2v) is 6.48. The number of hydrogen-bond donors (Lipinski definition) is 1. The average Bonchev–Trinajstić information content (AvgIpc) is 3.05. The maximum atomic E-state index is 14.0. The Kier molecular flexibility index (Phi) is 4.69. The number of hydrogen-bond acceptors (Lipinski definition) is 5. The van der Waals surface area contributed by atoms with Crippen LogP contribution in [-0.2, 0) is 11.3 Å². The van der Waals surface area contributed by atoms with Crippen molar-refractivity contribution in [3.8, 4) is 0 Å². The van der Waals surface area contributed by atoms with Crippen LogP contribution in [0.2, 0.25) is 5.02 Å². The van der Waals surface area contributed by atoms with Crippen LogP contribution < -0.4 is 5.32 Å². The second-order valence-electron chi connectivity index (χ2n) is 6.08. The maximum Gasteiger partial charge on any atom is 0.312 e. The molecule has 1 aliphatic heterocycles. The molecule has 0 saturated carbocycles. The lowest BCUT2D eigenvalue weighted by molar-refractivity contribution is -0.0298. The normalized spacial score (nSPS) is 17.6. The summed E-state index contributed by atoms with van der Waals surface area (Å²) in [6, 6.07) is 4.10. The Morgan fingerprint density at radius 1 is 1.27 bits per heavy atom. The molecule has 1 saturated heterocycles. The zero-order chi connectivity index (χ0) is 18.1. The number of nitrogens with one attached hydrogen (secondary N) is 1. The Morgan fingerprint density at radius 2 is 2.15 bits per heavy atom. The van der Waals surface area contributed by atoms with E-state index < -0.39 is 11.9 Å². The van der Waals surface area contributed by atoms with E-state index in [4.69, 9.17) is 16.3 Å². The van der Waals surface area contributed by atoms with Crippen LogP contribution in [0.25, 0.3) is 11.2 Å². The van der Waals surface area contributed by atoms with Gasteiger partial charge in [0, 0.05) is 18.2 Å². The van der Waals surface area contributed by atoms with E-state index in [1.807, 2.05) is 0 Å². The van der Waals surface area contributed by atoms with Crippen molar-refractivity contribution in [2.45, 2.75) is 32.0 Å². The number of rotatable bonds is 4. The van der Waals surface area contributed by atoms with Gasteiger partial charge in [0.1, 0.15) is 12.0 Å². The summed E-state index contributed by atoms with van der Waals surface area (Å²) in [5.41, 5.74) is 1.48. The Balaban J connectivity index is 1.63. The molecule has 6 nitrogen and oxygen atoms in total. The predicted molar refractivity (Wildman–Crippen MR) is 92.9 cm³/mol. The number of fused-ring (bicyclic) bond motifs is 1. The minimum absolute atomic E-state index is 0.206. The Bertz CT molecular complexity index is 942. The molecule has 136 valence electrons. The standard InChI is InChI=1S/C17H16ClF2N5O/c18-12-7-11(19)5-4-10(12)8-21-15-14-16(24-17(20)23-15)25(9-22-14)13-3-1-2-6-26-13/h4-5,7,9,13H,1-3,6,8H2,(H,21,23,24). The number of ether oxygens (including phenoxy) is 1. The highest BCUT2D eigenvalue weighted by Crippen LogP contribution is 2.28. The van der Waals surface area contributed by atoms with E-state index in [-0.39, 0.29) is 23.6 Å². The lowest BCUT2D eigenvalue weighted by Gasteiger charge is -2.23. The van der Waals surface area contributed by atoms with Crippen molar-refractivity contribution in [2.24, 2.45) is 0 Å². The molecule has 2 aromatic heterocycles. The maximum absolute atomic E-state index is 14.0. The Morgan fingerprint density at radius 3 is 2.92 bits per heavy atom. The lowest BCUT2D eigenvalue weighted by Crippen LogP contribution is -2.18. The molecule has 1 aromatic carbocycles. The van der Waals surface area contributed by atoms with E-state index in [2.05, 4.69) is 20.3 Å². The fourth-order valence-electron chi connectivity index (χ4n) is 3.01. The summed E-state index contributed by atoms with van der Waals surface area (Å²) >= 11 is 6.03. The molecule has 0 amide bonds. The SMILES string of the molecule is Fc1ccc(CNc2nc(F)nc3c2ncn3C2CCCCO2)c(Cl)c1. The molecule has 1 unspecified atom stereocenters. The fourth-order valence-corrected chi connectivity index (χ4v) is 3.25. The Labute approximate surface area is 153 Å². The van der Waals surface area contributed by atoms with Crippen LogP contribution in [0, 0.1) is 11.9 Å². The van der Waals surface area contributed by atoms with Crippen molar-refractivity contribution in [2.75, 3.05) is 11.9 Å². The summed E-state index contributed by atoms with van der Waals surface area (Å²) in [6.07, 6.45) is 3.39. The van der Waals surface area contributed by atoms with Crippen LogP contribution in [-0.4, -0.2) is 26.1 Å². The first-order valence-corrected chi connectivity index (χ1v) is 8.69. The predicted octanol–water partition coefficient (Wildman–Crippen LogP) is 4.07. The number of halogens is 3. The average molecular weight is 380 g/mol. The molecule has 1 N–H and O–H groups in total. The zero-order valence-corrected chi connectivity index (χ0v) is 14.5. The fraction of sp³-hybridized carbons (Fsp3) is 0.353. The van der Waals surface area contributed by atoms with Gasteiger partial charge in [0.2, 0.25) is 0 Å². The summed E-state index contributed by atoms with van der Waals surface area (Å²) in [5, 5.41) is 3.29. The largest absolute Gasteiger partial charge is 0.364 e. The second kappa shape index (κ2) is 7.13. The Hall–Kier alpha value is -2.32. The van der Waals surface area contributed by atoms with Crippen molar-refractivity contribution in [1.82, 2.24) is 19.5 Å². The molecule has 9 heteroatoms. The highest BCUT2D eigenvalue weighted by Gasteiger charge is 2.21. The summed E-state index contributed by atoms with van der Waals surface area (Å²) in [7, 11) is 0. The molecule has 1 aliphatic rings. The van der Waals surface area contributed by atoms with Gasteiger partial charge < -0.3 is 10.1 Å². The summed E-state index contributed by atoms with van der Waals surface area (Å²) in [5.74, 6) is -0.164. The number of benzene rings is 1. The molecule has 1 fully saturated rings. The molecule has 0 spiro atoms. The van der Waals surface area contributed by atoms with Crippen LogP contribution in [0.5, 0.6) is 0 Å². The molecule has 0 bridgehead atoms. The number of aromatic nitrogens is 4. The van der Waals surface area contributed by atoms with E-state index in [1.165, 1.54) is 12.1 Å². The number of anilines is 1. The molecular formula is C17H16ClF2N5O. The highest BCUT2D eigenvalue weighted by atomic mass is 35.5. The highest BCUT2D eigenvalue weighted by molar-refractivity contribution is 6.31. The van der Waals surface area contributed by atoms with E-state index in [1.54, 1.807) is 17.0 Å². The molecule has 4 rings (SSSR count). The van der Waals surface area contributed by atoms with Crippen molar-refractivity contribution in [3.05, 3.63) is 47.0 Å². The van der Waals surface area contributed by atoms with Crippen LogP contribution in [0.4, 0.5) is 14.6 Å². The van der Waals surface area contributed by atoms with E-state index in [0.29, 0.717) is 23.3 Å². The third kappa shape index (κ3) is 3.34. The molecule has 3 heterocycles. The quantitative estimate of drug-likeness (QED) is 0.692. The monoisotopic (exact) mass is 379 g/mol. The summed E-state index contributed by atoms with van der Waals surface area (Å²) < 4.78 is 34.6. The van der Waals surface area contributed by atoms with Gasteiger partial charge in [0.05, 0.1) is 6.33 Å². The van der Waals surface area contributed by atoms with Crippen LogP contribution in [0.1, 0.15) is 31.1 Å². The van der Waals surface area contributed by atoms with Crippen molar-refractivity contribution >= 4 is 28.6 Å². The minimum Gasteiger partial charge on any atom is -0.364 e. The van der Waals surface area contributed by atoms with Gasteiger partial charge in [0.25, 0.3) is 0 Å². The van der Waals surface area contributed by atoms with E-state index >= 15 is 0 Å². The lowest BCUT2D eigenvalue weighted by atomic mass is 10.2. The number of nitrogens with zero attached hydrogens (tertiary/aromatic N) is 4. The molecule has 0 aliphatic carbocycles. The molecule has 1 atom stereocenters. The van der Waals surface area contributed by atoms with Gasteiger partial charge in [-0.1, -0.05) is 17.7 Å². The van der Waals surface area contributed by atoms with Crippen molar-refractivity contribution in [3.63, 3.8) is 0 Å². The smallest absolute Gasteiger partial charge is 0.312 e. The minimum atomic E-state index is -0.859. The van der Waals surface area contributed by atoms with Crippen LogP contribution in [0.3, 0.4) is 0 Å². The van der Waals surface area contributed by atoms with Crippen LogP contribution in [0.15, 0.2) is 24.5 Å². The van der Waals surface area contributed by atoms with Gasteiger partial charge in [-0.3, -0.25) is 4.57 Å². The topological polar surface area (TPSA) is 64.9 Å². The third-order valence-electron chi connectivity index (χ3n) is 4.32. The first-order valence-electron chi connectivity index (χ1n) is 8.31. The molecule has 0 radical (unpaired) electrons. The number of imidazole rings is 1. The molecular weight excluding hydrogens is 364 g/mol. The molecule has 3 aromatic rings. The van der Waals surface area contributed by atoms with E-state index in [9.17, 15) is 8.78 Å². The summed E-state index contributed by atoms with van der Waals surface area (Å²) in [4.78, 5) is 12.0. The zero-order valence-electron chi connectivity index (χ0n) is 13.8. The molecule has 26 heavy (non-hydrogen) atoms. The van der Waals surface area contributed by atoms with Gasteiger partial charge in [-0.25, -0.2) is 9.37 Å². The summed E-state index contributed by atoms with van der Waals surface area (Å²) in [6.45, 7) is 0.906. The first-order chi connectivity index (χ1) is 12.6. The van der Waals surface area contributed by atoms with Gasteiger partial charge in [-0.15, -0.1) is 0 Å². The van der Waals surface area contributed by atoms with Crippen LogP contribution >= 0.6 is 11.6 Å². The van der Waals surface area contributed by atoms with Gasteiger partial charge in [0.15, 0.2) is 17.0 Å². The van der Waals surface area contributed by atoms with Gasteiger partial charge in [-0.05, 0) is 37.0 Å². The van der Waals surface area contributed by atoms with Crippen molar-refractivity contribution < 1.29 is 13.5 Å². The van der Waals surface area contributed by atoms with Crippen molar-refractivity contribution in [1.29, 1.82) is 0 Å². The van der Waals surface area contributed by atoms with E-state index in [0.717, 1.165) is 19.3 Å². The van der Waals surface area contributed by atoms with Gasteiger partial charge >= 0.3 is 6.08 Å². The first kappa shape index (κ1) is 17.1. The third-order valence-corrected chi connectivity index (χ3v) is 4.67. The van der Waals surface area contributed by atoms with Gasteiger partial charge in [-0.2, -0.15) is 14.4 Å².